The topological polar surface area (TPSA) is 90.7 Å². The van der Waals surface area contributed by atoms with Crippen molar-refractivity contribution in [3.05, 3.63) is 39.8 Å². The normalized spacial score (nSPS) is 17.7. The third kappa shape index (κ3) is 3.14. The maximum Gasteiger partial charge on any atom is 0.251 e. The Labute approximate surface area is 155 Å². The summed E-state index contributed by atoms with van der Waals surface area (Å²) in [6.45, 7) is 2.40. The molecule has 0 spiro atoms. The Morgan fingerprint density at radius 2 is 2.12 bits per heavy atom. The first-order valence-electron chi connectivity index (χ1n) is 8.64. The van der Waals surface area contributed by atoms with Crippen LogP contribution in [0.25, 0.3) is 0 Å². The van der Waals surface area contributed by atoms with Crippen LogP contribution in [0.3, 0.4) is 0 Å². The Balaban J connectivity index is 1.53. The fraction of sp³-hybridized carbons (Fsp3) is 0.368. The Morgan fingerprint density at radius 3 is 2.92 bits per heavy atom. The molecule has 0 bridgehead atoms. The van der Waals surface area contributed by atoms with E-state index < -0.39 is 5.91 Å². The van der Waals surface area contributed by atoms with Crippen molar-refractivity contribution in [2.75, 3.05) is 12.1 Å². The number of nitrogens with one attached hydrogen (secondary N) is 1. The second kappa shape index (κ2) is 6.64. The molecule has 1 atom stereocenters. The Bertz CT molecular complexity index is 890. The minimum absolute atomic E-state index is 0.182. The van der Waals surface area contributed by atoms with Gasteiger partial charge in [0.15, 0.2) is 11.5 Å². The van der Waals surface area contributed by atoms with Crippen LogP contribution < -0.4 is 20.5 Å². The molecule has 0 saturated carbocycles. The maximum absolute atomic E-state index is 12.5. The third-order valence-electron chi connectivity index (χ3n) is 4.81. The zero-order valence-corrected chi connectivity index (χ0v) is 15.3. The van der Waals surface area contributed by atoms with E-state index >= 15 is 0 Å². The van der Waals surface area contributed by atoms with E-state index in [4.69, 9.17) is 15.2 Å². The van der Waals surface area contributed by atoms with Crippen molar-refractivity contribution in [3.8, 4) is 11.5 Å². The molecule has 136 valence electrons. The summed E-state index contributed by atoms with van der Waals surface area (Å²) in [4.78, 5) is 25.6. The molecule has 2 aromatic rings. The van der Waals surface area contributed by atoms with Gasteiger partial charge < -0.3 is 20.5 Å². The second-order valence-electron chi connectivity index (χ2n) is 6.83. The first-order valence-corrected chi connectivity index (χ1v) is 9.45. The Hall–Kier alpha value is -2.54. The smallest absolute Gasteiger partial charge is 0.251 e. The molecule has 4 rings (SSSR count). The molecule has 0 radical (unpaired) electrons. The highest BCUT2D eigenvalue weighted by molar-refractivity contribution is 7.17. The molecule has 2 amide bonds. The number of nitrogens with two attached hydrogens (primary N) is 1. The predicted molar refractivity (Wildman–Crippen MR) is 98.9 cm³/mol. The number of hydrogen-bond donors (Lipinski definition) is 2. The summed E-state index contributed by atoms with van der Waals surface area (Å²) in [5.74, 6) is 1.26. The lowest BCUT2D eigenvalue weighted by molar-refractivity contribution is -0.115. The molecule has 1 aliphatic carbocycles. The number of fused-ring (bicyclic) bond motifs is 2. The van der Waals surface area contributed by atoms with Crippen molar-refractivity contribution in [2.24, 2.45) is 11.7 Å². The first-order chi connectivity index (χ1) is 12.5. The molecule has 2 heterocycles. The van der Waals surface area contributed by atoms with Crippen LogP contribution in [0.1, 0.15) is 39.7 Å². The van der Waals surface area contributed by atoms with E-state index in [1.54, 1.807) is 12.1 Å². The van der Waals surface area contributed by atoms with Gasteiger partial charge in [0.25, 0.3) is 5.91 Å². The quantitative estimate of drug-likeness (QED) is 0.863. The van der Waals surface area contributed by atoms with Crippen LogP contribution in [0.2, 0.25) is 0 Å². The number of rotatable bonds is 4. The van der Waals surface area contributed by atoms with Gasteiger partial charge in [-0.25, -0.2) is 0 Å². The van der Waals surface area contributed by atoms with Crippen molar-refractivity contribution in [3.63, 3.8) is 0 Å². The van der Waals surface area contributed by atoms with Crippen LogP contribution in [-0.4, -0.2) is 18.6 Å². The maximum atomic E-state index is 12.5. The highest BCUT2D eigenvalue weighted by Gasteiger charge is 2.27. The second-order valence-corrected chi connectivity index (χ2v) is 7.94. The minimum atomic E-state index is -0.476. The molecule has 7 heteroatoms. The first kappa shape index (κ1) is 16.9. The van der Waals surface area contributed by atoms with E-state index in [0.717, 1.165) is 35.3 Å². The van der Waals surface area contributed by atoms with Gasteiger partial charge in [-0.1, -0.05) is 13.0 Å². The summed E-state index contributed by atoms with van der Waals surface area (Å²) in [7, 11) is 0. The van der Waals surface area contributed by atoms with Gasteiger partial charge in [0.05, 0.1) is 12.0 Å². The average molecular weight is 372 g/mol. The fourth-order valence-corrected chi connectivity index (χ4v) is 4.94. The van der Waals surface area contributed by atoms with Crippen molar-refractivity contribution >= 4 is 28.2 Å². The number of carbonyl (C=O) groups is 2. The number of primary amides is 1. The largest absolute Gasteiger partial charge is 0.454 e. The molecule has 1 aliphatic heterocycles. The number of benzene rings is 1. The lowest BCUT2D eigenvalue weighted by Crippen LogP contribution is -2.20. The molecule has 26 heavy (non-hydrogen) atoms. The van der Waals surface area contributed by atoms with E-state index in [2.05, 4.69) is 12.2 Å². The van der Waals surface area contributed by atoms with Crippen LogP contribution in [0.5, 0.6) is 11.5 Å². The van der Waals surface area contributed by atoms with Gasteiger partial charge in [0.1, 0.15) is 5.00 Å². The van der Waals surface area contributed by atoms with Crippen LogP contribution in [0.4, 0.5) is 5.00 Å². The Kier molecular flexibility index (Phi) is 4.32. The highest BCUT2D eigenvalue weighted by atomic mass is 32.1. The van der Waals surface area contributed by atoms with Gasteiger partial charge in [-0.2, -0.15) is 0 Å². The van der Waals surface area contributed by atoms with E-state index in [0.29, 0.717) is 28.0 Å². The number of amides is 2. The van der Waals surface area contributed by atoms with Gasteiger partial charge in [-0.05, 0) is 48.4 Å². The zero-order valence-electron chi connectivity index (χ0n) is 14.5. The average Bonchev–Trinajstić information content (AvgIpc) is 3.17. The van der Waals surface area contributed by atoms with Gasteiger partial charge in [-0.3, -0.25) is 9.59 Å². The number of anilines is 1. The van der Waals surface area contributed by atoms with E-state index in [1.807, 2.05) is 6.07 Å². The zero-order chi connectivity index (χ0) is 18.3. The number of hydrogen-bond acceptors (Lipinski definition) is 5. The molecule has 6 nitrogen and oxygen atoms in total. The standard InChI is InChI=1S/C19H20N2O4S/c1-10-2-4-12-15(6-10)26-19(17(12)18(20)23)21-16(22)8-11-3-5-13-14(7-11)25-9-24-13/h3,5,7,10H,2,4,6,8-9H2,1H3,(H2,20,23)(H,21,22)/t10-/m0/s1. The number of carbonyl (C=O) groups excluding carboxylic acids is 2. The SMILES string of the molecule is C[C@H]1CCc2c(sc(NC(=O)Cc3ccc4c(c3)OCO4)c2C(N)=O)C1. The van der Waals surface area contributed by atoms with Crippen LogP contribution in [-0.2, 0) is 24.1 Å². The summed E-state index contributed by atoms with van der Waals surface area (Å²) in [5.41, 5.74) is 7.91. The molecule has 3 N–H and O–H groups in total. The van der Waals surface area contributed by atoms with Crippen LogP contribution in [0.15, 0.2) is 18.2 Å². The van der Waals surface area contributed by atoms with Crippen molar-refractivity contribution < 1.29 is 19.1 Å². The summed E-state index contributed by atoms with van der Waals surface area (Å²) in [6, 6.07) is 5.44. The van der Waals surface area contributed by atoms with Crippen molar-refractivity contribution in [1.29, 1.82) is 0 Å². The van der Waals surface area contributed by atoms with E-state index in [1.165, 1.54) is 11.3 Å². The number of ether oxygens (including phenoxy) is 2. The molecular formula is C19H20N2O4S. The monoisotopic (exact) mass is 372 g/mol. The molecule has 1 aromatic carbocycles. The van der Waals surface area contributed by atoms with E-state index in [-0.39, 0.29) is 19.1 Å². The van der Waals surface area contributed by atoms with Crippen molar-refractivity contribution in [1.82, 2.24) is 0 Å². The lowest BCUT2D eigenvalue weighted by Gasteiger charge is -2.18. The van der Waals surface area contributed by atoms with E-state index in [9.17, 15) is 9.59 Å². The summed E-state index contributed by atoms with van der Waals surface area (Å²) < 4.78 is 10.6. The highest BCUT2D eigenvalue weighted by Crippen LogP contribution is 2.39. The third-order valence-corrected chi connectivity index (χ3v) is 5.98. The van der Waals surface area contributed by atoms with Crippen molar-refractivity contribution in [2.45, 2.75) is 32.6 Å². The fourth-order valence-electron chi connectivity index (χ4n) is 3.51. The van der Waals surface area contributed by atoms with Crippen LogP contribution in [0, 0.1) is 5.92 Å². The number of thiophene rings is 1. The summed E-state index contributed by atoms with van der Waals surface area (Å²) in [5, 5.41) is 3.46. The minimum Gasteiger partial charge on any atom is -0.454 e. The van der Waals surface area contributed by atoms with Gasteiger partial charge in [-0.15, -0.1) is 11.3 Å². The van der Waals surface area contributed by atoms with Gasteiger partial charge in [0, 0.05) is 4.88 Å². The molecule has 0 unspecified atom stereocenters. The predicted octanol–water partition coefficient (Wildman–Crippen LogP) is 2.88. The van der Waals surface area contributed by atoms with Gasteiger partial charge in [0.2, 0.25) is 12.7 Å². The van der Waals surface area contributed by atoms with Gasteiger partial charge >= 0.3 is 0 Å². The molecular weight excluding hydrogens is 352 g/mol. The molecule has 0 fully saturated rings. The summed E-state index contributed by atoms with van der Waals surface area (Å²) in [6.07, 6.45) is 2.99. The lowest BCUT2D eigenvalue weighted by atomic mass is 9.88. The molecule has 2 aliphatic rings. The Morgan fingerprint density at radius 1 is 1.31 bits per heavy atom. The molecule has 1 aromatic heterocycles. The summed E-state index contributed by atoms with van der Waals surface area (Å²) >= 11 is 1.48. The molecule has 0 saturated heterocycles. The van der Waals surface area contributed by atoms with Crippen LogP contribution >= 0.6 is 11.3 Å².